The Morgan fingerprint density at radius 3 is 3.00 bits per heavy atom. The third kappa shape index (κ3) is 1.58. The lowest BCUT2D eigenvalue weighted by Crippen LogP contribution is -2.01. The van der Waals surface area contributed by atoms with Crippen LogP contribution in [-0.2, 0) is 11.2 Å². The fourth-order valence-corrected chi connectivity index (χ4v) is 0.699. The number of H-pyrrole nitrogens is 1. The van der Waals surface area contributed by atoms with Crippen LogP contribution in [0.25, 0.3) is 0 Å². The van der Waals surface area contributed by atoms with Gasteiger partial charge in [0.05, 0.1) is 5.69 Å². The molecule has 54 valence electrons. The fraction of sp³-hybridized carbons (Fsp3) is 0.333. The van der Waals surface area contributed by atoms with Crippen molar-refractivity contribution in [2.45, 2.75) is 13.3 Å². The third-order valence-electron chi connectivity index (χ3n) is 1.08. The van der Waals surface area contributed by atoms with E-state index in [1.807, 2.05) is 6.92 Å². The molecule has 0 aromatic carbocycles. The van der Waals surface area contributed by atoms with E-state index in [1.54, 1.807) is 6.20 Å². The number of imidazole rings is 1. The highest BCUT2D eigenvalue weighted by Gasteiger charge is 2.01. The molecule has 1 aromatic heterocycles. The molecule has 0 amide bonds. The topological polar surface area (TPSA) is 66.0 Å². The van der Waals surface area contributed by atoms with Crippen LogP contribution < -0.4 is 0 Å². The van der Waals surface area contributed by atoms with Crippen LogP contribution in [0.4, 0.5) is 0 Å². The summed E-state index contributed by atoms with van der Waals surface area (Å²) >= 11 is 0. The number of aromatic amines is 1. The minimum Gasteiger partial charge on any atom is -0.481 e. The molecule has 0 saturated carbocycles. The Balaban J connectivity index is 2.67. The van der Waals surface area contributed by atoms with Gasteiger partial charge in [0.15, 0.2) is 0 Å². The summed E-state index contributed by atoms with van der Waals surface area (Å²) in [4.78, 5) is 16.8. The first-order chi connectivity index (χ1) is 4.68. The number of carbonyl (C=O) groups is 1. The van der Waals surface area contributed by atoms with Gasteiger partial charge < -0.3 is 10.1 Å². The van der Waals surface area contributed by atoms with Crippen LogP contribution in [0.3, 0.4) is 0 Å². The molecule has 0 unspecified atom stereocenters. The number of nitrogens with one attached hydrogen (secondary N) is 1. The van der Waals surface area contributed by atoms with Gasteiger partial charge >= 0.3 is 5.97 Å². The van der Waals surface area contributed by atoms with Gasteiger partial charge in [-0.1, -0.05) is 0 Å². The van der Waals surface area contributed by atoms with Gasteiger partial charge in [0.1, 0.15) is 12.2 Å². The van der Waals surface area contributed by atoms with Crippen molar-refractivity contribution in [2.24, 2.45) is 0 Å². The molecule has 0 aliphatic heterocycles. The summed E-state index contributed by atoms with van der Waals surface area (Å²) < 4.78 is 0. The molecule has 1 heterocycles. The molecule has 0 aliphatic rings. The first-order valence-corrected chi connectivity index (χ1v) is 2.91. The van der Waals surface area contributed by atoms with E-state index in [4.69, 9.17) is 5.11 Å². The Morgan fingerprint density at radius 1 is 1.90 bits per heavy atom. The smallest absolute Gasteiger partial charge is 0.311 e. The number of rotatable bonds is 2. The molecule has 0 saturated heterocycles. The van der Waals surface area contributed by atoms with E-state index in [9.17, 15) is 4.79 Å². The highest BCUT2D eigenvalue weighted by atomic mass is 16.5. The van der Waals surface area contributed by atoms with E-state index in [-0.39, 0.29) is 6.42 Å². The summed E-state index contributed by atoms with van der Waals surface area (Å²) in [6.45, 7) is 1.81. The molecule has 1 rings (SSSR count). The van der Waals surface area contributed by atoms with Gasteiger partial charge in [-0.3, -0.25) is 4.79 Å². The molecule has 2 N–H and O–H groups in total. The van der Waals surface area contributed by atoms with Crippen molar-refractivity contribution in [1.29, 1.82) is 0 Å². The average molecular weight is 145 g/mol. The SMILES string of the molecule is C[13c]1[13cH][nH][13c]([13CH2][13C](=O)O)n1. The number of nitrogens with zero attached hydrogens (tertiary/aromatic N) is 1. The Bertz CT molecular complexity index is 242. The Kier molecular flexibility index (Phi) is 1.71. The summed E-state index contributed by atoms with van der Waals surface area (Å²) in [5, 5.41) is 8.32. The summed E-state index contributed by atoms with van der Waals surface area (Å²) in [7, 11) is 0. The minimum absolute atomic E-state index is 0.0339. The van der Waals surface area contributed by atoms with Gasteiger partial charge in [0.25, 0.3) is 0 Å². The number of carboxylic acid groups (broad SMARTS) is 1. The average Bonchev–Trinajstić information content (AvgIpc) is 2.13. The number of aryl methyl sites for hydroxylation is 1. The number of aliphatic carboxylic acids is 1. The Labute approximate surface area is 57.9 Å². The normalized spacial score (nSPS) is 9.70. The summed E-state index contributed by atoms with van der Waals surface area (Å²) in [6, 6.07) is 0. The fourth-order valence-electron chi connectivity index (χ4n) is 0.699. The predicted octanol–water partition coefficient (Wildman–Crippen LogP) is 0.345. The molecule has 10 heavy (non-hydrogen) atoms. The second-order valence-electron chi connectivity index (χ2n) is 2.06. The zero-order valence-electron chi connectivity index (χ0n) is 5.59. The van der Waals surface area contributed by atoms with Crippen LogP contribution in [-0.4, -0.2) is 21.0 Å². The molecule has 0 aliphatic carbocycles. The maximum absolute atomic E-state index is 10.1. The lowest BCUT2D eigenvalue weighted by molar-refractivity contribution is -0.136. The molecule has 0 spiro atoms. The van der Waals surface area contributed by atoms with Crippen LogP contribution in [0.5, 0.6) is 0 Å². The highest BCUT2D eigenvalue weighted by molar-refractivity contribution is 5.68. The van der Waals surface area contributed by atoms with Gasteiger partial charge in [-0.25, -0.2) is 4.98 Å². The molecule has 4 nitrogen and oxygen atoms in total. The van der Waals surface area contributed by atoms with E-state index in [1.165, 1.54) is 0 Å². The van der Waals surface area contributed by atoms with Crippen LogP contribution in [0.1, 0.15) is 11.5 Å². The largest absolute Gasteiger partial charge is 0.481 e. The Morgan fingerprint density at radius 2 is 2.60 bits per heavy atom. The van der Waals surface area contributed by atoms with E-state index in [0.29, 0.717) is 5.82 Å². The van der Waals surface area contributed by atoms with E-state index in [0.717, 1.165) is 5.69 Å². The van der Waals surface area contributed by atoms with Crippen molar-refractivity contribution in [1.82, 2.24) is 9.97 Å². The molecular weight excluding hydrogens is 137 g/mol. The standard InChI is InChI=1S/C6H8N2O2/c1-4-3-7-5(8-4)2-6(9)10/h3H,2H2,1H3,(H,7,8)(H,9,10)/i2+1,3+1,4+1,5+1,6+1. The van der Waals surface area contributed by atoms with E-state index >= 15 is 0 Å². The highest BCUT2D eigenvalue weighted by Crippen LogP contribution is 1.94. The van der Waals surface area contributed by atoms with Crippen LogP contribution in [0, 0.1) is 6.92 Å². The first-order valence-electron chi connectivity index (χ1n) is 2.91. The second kappa shape index (κ2) is 2.51. The molecular formula is C6H8N2O2. The lowest BCUT2D eigenvalue weighted by atomic mass is 11.2. The van der Waals surface area contributed by atoms with Crippen molar-refractivity contribution in [2.75, 3.05) is 0 Å². The van der Waals surface area contributed by atoms with Gasteiger partial charge in [0.2, 0.25) is 0 Å². The van der Waals surface area contributed by atoms with Crippen molar-refractivity contribution in [3.05, 3.63) is 17.7 Å². The predicted molar refractivity (Wildman–Crippen MR) is 34.7 cm³/mol. The van der Waals surface area contributed by atoms with Gasteiger partial charge in [-0.05, 0) is 6.92 Å². The lowest BCUT2D eigenvalue weighted by Gasteiger charge is -1.86. The summed E-state index contributed by atoms with van der Waals surface area (Å²) in [5.74, 6) is -0.362. The molecule has 1 aromatic rings. The summed E-state index contributed by atoms with van der Waals surface area (Å²) in [6.07, 6.45) is 1.64. The van der Waals surface area contributed by atoms with Gasteiger partial charge in [-0.2, -0.15) is 0 Å². The minimum atomic E-state index is -0.866. The molecule has 4 heteroatoms. The number of hydrogen-bond acceptors (Lipinski definition) is 2. The number of aromatic nitrogens is 2. The maximum Gasteiger partial charge on any atom is 0.311 e. The number of hydrogen-bond donors (Lipinski definition) is 2. The molecule has 0 fully saturated rings. The quantitative estimate of drug-likeness (QED) is 0.590. The second-order valence-corrected chi connectivity index (χ2v) is 2.06. The van der Waals surface area contributed by atoms with Crippen molar-refractivity contribution in [3.63, 3.8) is 0 Å². The Hall–Kier alpha value is -1.32. The van der Waals surface area contributed by atoms with Crippen LogP contribution in [0.15, 0.2) is 6.20 Å². The molecule has 0 bridgehead atoms. The van der Waals surface area contributed by atoms with Gasteiger partial charge in [0, 0.05) is 6.20 Å². The zero-order chi connectivity index (χ0) is 7.56. The van der Waals surface area contributed by atoms with Crippen LogP contribution in [0.2, 0.25) is 0 Å². The first kappa shape index (κ1) is 6.80. The van der Waals surface area contributed by atoms with Crippen molar-refractivity contribution >= 4 is 5.97 Å². The molecule has 0 radical (unpaired) electrons. The van der Waals surface area contributed by atoms with Crippen LogP contribution >= 0.6 is 0 Å². The third-order valence-corrected chi connectivity index (χ3v) is 1.08. The molecule has 0 atom stereocenters. The summed E-state index contributed by atoms with van der Waals surface area (Å²) in [5.41, 5.74) is 0.816. The van der Waals surface area contributed by atoms with Crippen molar-refractivity contribution in [3.8, 4) is 0 Å². The van der Waals surface area contributed by atoms with Crippen molar-refractivity contribution < 1.29 is 9.90 Å². The number of carboxylic acids is 1. The van der Waals surface area contributed by atoms with E-state index in [2.05, 4.69) is 9.97 Å². The monoisotopic (exact) mass is 145 g/mol. The van der Waals surface area contributed by atoms with Gasteiger partial charge in [-0.15, -0.1) is 0 Å². The van der Waals surface area contributed by atoms with E-state index < -0.39 is 5.97 Å². The zero-order valence-corrected chi connectivity index (χ0v) is 5.59. The maximum atomic E-state index is 10.1.